The molecule has 1 aromatic heterocycles. The third-order valence-corrected chi connectivity index (χ3v) is 3.96. The molecule has 1 amide bonds. The molecule has 3 N–H and O–H groups in total. The van der Waals surface area contributed by atoms with Gasteiger partial charge in [-0.2, -0.15) is 0 Å². The monoisotopic (exact) mass is 278 g/mol. The molecule has 2 rings (SSSR count). The first kappa shape index (κ1) is 14.0. The molecule has 1 heterocycles. The fourth-order valence-electron chi connectivity index (χ4n) is 1.93. The van der Waals surface area contributed by atoms with Crippen molar-refractivity contribution in [3.8, 4) is 0 Å². The number of nitrogens with one attached hydrogen (secondary N) is 1. The van der Waals surface area contributed by atoms with Crippen molar-refractivity contribution in [2.75, 3.05) is 20.3 Å². The van der Waals surface area contributed by atoms with Crippen LogP contribution in [0.2, 0.25) is 0 Å². The van der Waals surface area contributed by atoms with Gasteiger partial charge in [-0.15, -0.1) is 11.3 Å². The largest absolute Gasteiger partial charge is 0.383 e. The number of benzene rings is 1. The van der Waals surface area contributed by atoms with Crippen LogP contribution in [-0.4, -0.2) is 32.2 Å². The number of thiophene rings is 1. The van der Waals surface area contributed by atoms with Gasteiger partial charge in [0.15, 0.2) is 0 Å². The highest BCUT2D eigenvalue weighted by Crippen LogP contribution is 2.26. The minimum atomic E-state index is -0.519. The molecule has 0 radical (unpaired) electrons. The number of fused-ring (bicyclic) bond motifs is 1. The number of methoxy groups -OCH3 is 1. The number of carbonyl (C=O) groups is 1. The van der Waals surface area contributed by atoms with Gasteiger partial charge in [-0.05, 0) is 28.8 Å². The van der Waals surface area contributed by atoms with E-state index in [2.05, 4.69) is 22.8 Å². The van der Waals surface area contributed by atoms with Crippen molar-refractivity contribution in [2.24, 2.45) is 5.73 Å². The van der Waals surface area contributed by atoms with E-state index in [4.69, 9.17) is 10.5 Å². The minimum absolute atomic E-state index is 0.132. The lowest BCUT2D eigenvalue weighted by molar-refractivity contribution is -0.122. The highest BCUT2D eigenvalue weighted by Gasteiger charge is 2.15. The molecular weight excluding hydrogens is 260 g/mol. The number of rotatable bonds is 6. The summed E-state index contributed by atoms with van der Waals surface area (Å²) in [5.74, 6) is -0.132. The van der Waals surface area contributed by atoms with Crippen LogP contribution in [0.4, 0.5) is 0 Å². The summed E-state index contributed by atoms with van der Waals surface area (Å²) >= 11 is 1.68. The fourth-order valence-corrected chi connectivity index (χ4v) is 2.90. The molecule has 0 unspecified atom stereocenters. The number of hydrogen-bond acceptors (Lipinski definition) is 4. The first-order valence-electron chi connectivity index (χ1n) is 6.19. The maximum atomic E-state index is 11.8. The van der Waals surface area contributed by atoms with Crippen molar-refractivity contribution >= 4 is 27.3 Å². The van der Waals surface area contributed by atoms with E-state index in [-0.39, 0.29) is 5.91 Å². The Kier molecular flexibility index (Phi) is 4.90. The first-order valence-corrected chi connectivity index (χ1v) is 7.07. The minimum Gasteiger partial charge on any atom is -0.383 e. The summed E-state index contributed by atoms with van der Waals surface area (Å²) in [6, 6.07) is 7.64. The summed E-state index contributed by atoms with van der Waals surface area (Å²) in [7, 11) is 1.60. The number of hydrogen-bond donors (Lipinski definition) is 2. The normalized spacial score (nSPS) is 12.5. The molecule has 0 bridgehead atoms. The van der Waals surface area contributed by atoms with E-state index in [1.54, 1.807) is 18.4 Å². The third kappa shape index (κ3) is 3.53. The summed E-state index contributed by atoms with van der Waals surface area (Å²) in [4.78, 5) is 11.8. The smallest absolute Gasteiger partial charge is 0.237 e. The van der Waals surface area contributed by atoms with E-state index in [9.17, 15) is 4.79 Å². The van der Waals surface area contributed by atoms with Crippen LogP contribution in [0.25, 0.3) is 10.1 Å². The Hall–Kier alpha value is -1.43. The number of nitrogens with two attached hydrogens (primary N) is 1. The SMILES string of the molecule is COCCNC(=O)[C@@H](N)Cc1csc2ccccc12. The Morgan fingerprint density at radius 3 is 3.05 bits per heavy atom. The van der Waals surface area contributed by atoms with Gasteiger partial charge in [-0.1, -0.05) is 18.2 Å². The van der Waals surface area contributed by atoms with Crippen LogP contribution >= 0.6 is 11.3 Å². The number of carbonyl (C=O) groups excluding carboxylic acids is 1. The molecule has 0 aliphatic heterocycles. The highest BCUT2D eigenvalue weighted by molar-refractivity contribution is 7.17. The molecule has 0 aliphatic carbocycles. The van der Waals surface area contributed by atoms with Crippen molar-refractivity contribution in [1.82, 2.24) is 5.32 Å². The van der Waals surface area contributed by atoms with Gasteiger partial charge in [-0.25, -0.2) is 0 Å². The molecule has 4 nitrogen and oxygen atoms in total. The molecule has 0 aliphatic rings. The summed E-state index contributed by atoms with van der Waals surface area (Å²) in [6.07, 6.45) is 0.558. The maximum Gasteiger partial charge on any atom is 0.237 e. The van der Waals surface area contributed by atoms with Gasteiger partial charge in [0.2, 0.25) is 5.91 Å². The van der Waals surface area contributed by atoms with Crippen LogP contribution in [0.15, 0.2) is 29.6 Å². The third-order valence-electron chi connectivity index (χ3n) is 2.94. The van der Waals surface area contributed by atoms with E-state index < -0.39 is 6.04 Å². The summed E-state index contributed by atoms with van der Waals surface area (Å²) in [5.41, 5.74) is 7.07. The quantitative estimate of drug-likeness (QED) is 0.788. The Bertz CT molecular complexity index is 553. The molecule has 102 valence electrons. The van der Waals surface area contributed by atoms with Gasteiger partial charge < -0.3 is 15.8 Å². The van der Waals surface area contributed by atoms with Gasteiger partial charge in [0.1, 0.15) is 0 Å². The molecule has 5 heteroatoms. The van der Waals surface area contributed by atoms with Crippen LogP contribution in [-0.2, 0) is 16.0 Å². The first-order chi connectivity index (χ1) is 9.22. The predicted octanol–water partition coefficient (Wildman–Crippen LogP) is 1.53. The standard InChI is InChI=1S/C14H18N2O2S/c1-18-7-6-16-14(17)12(15)8-10-9-19-13-5-3-2-4-11(10)13/h2-5,9,12H,6-8,15H2,1H3,(H,16,17)/t12-/m0/s1. The van der Waals surface area contributed by atoms with Crippen LogP contribution < -0.4 is 11.1 Å². The Morgan fingerprint density at radius 1 is 1.47 bits per heavy atom. The average Bonchev–Trinajstić information content (AvgIpc) is 2.82. The van der Waals surface area contributed by atoms with E-state index in [0.717, 1.165) is 5.56 Å². The van der Waals surface area contributed by atoms with Crippen molar-refractivity contribution in [2.45, 2.75) is 12.5 Å². The Balaban J connectivity index is 1.98. The summed E-state index contributed by atoms with van der Waals surface area (Å²) in [6.45, 7) is 0.993. The van der Waals surface area contributed by atoms with Crippen LogP contribution in [0.1, 0.15) is 5.56 Å². The average molecular weight is 278 g/mol. The molecule has 1 aromatic carbocycles. The van der Waals surface area contributed by atoms with E-state index in [1.165, 1.54) is 10.1 Å². The molecule has 19 heavy (non-hydrogen) atoms. The van der Waals surface area contributed by atoms with Gasteiger partial charge in [0, 0.05) is 18.4 Å². The zero-order valence-electron chi connectivity index (χ0n) is 10.9. The summed E-state index contributed by atoms with van der Waals surface area (Å²) < 4.78 is 6.11. The molecule has 1 atom stereocenters. The maximum absolute atomic E-state index is 11.8. The van der Waals surface area contributed by atoms with Gasteiger partial charge in [0.25, 0.3) is 0 Å². The van der Waals surface area contributed by atoms with Crippen LogP contribution in [0.5, 0.6) is 0 Å². The molecule has 0 fully saturated rings. The van der Waals surface area contributed by atoms with Crippen molar-refractivity contribution in [3.63, 3.8) is 0 Å². The van der Waals surface area contributed by atoms with Crippen LogP contribution in [0, 0.1) is 0 Å². The topological polar surface area (TPSA) is 64.3 Å². The fraction of sp³-hybridized carbons (Fsp3) is 0.357. The van der Waals surface area contributed by atoms with Crippen molar-refractivity contribution < 1.29 is 9.53 Å². The second kappa shape index (κ2) is 6.65. The van der Waals surface area contributed by atoms with Crippen molar-refractivity contribution in [3.05, 3.63) is 35.2 Å². The molecule has 0 spiro atoms. The molecule has 2 aromatic rings. The lowest BCUT2D eigenvalue weighted by atomic mass is 10.1. The Morgan fingerprint density at radius 2 is 2.26 bits per heavy atom. The Labute approximate surface area is 116 Å². The summed E-state index contributed by atoms with van der Waals surface area (Å²) in [5, 5.41) is 6.02. The molecular formula is C14H18N2O2S. The number of ether oxygens (including phenoxy) is 1. The lowest BCUT2D eigenvalue weighted by Crippen LogP contribution is -2.43. The van der Waals surface area contributed by atoms with Gasteiger partial charge in [0.05, 0.1) is 12.6 Å². The van der Waals surface area contributed by atoms with Crippen molar-refractivity contribution in [1.29, 1.82) is 0 Å². The lowest BCUT2D eigenvalue weighted by Gasteiger charge is -2.11. The molecule has 0 saturated heterocycles. The van der Waals surface area contributed by atoms with Gasteiger partial charge >= 0.3 is 0 Å². The van der Waals surface area contributed by atoms with E-state index in [1.807, 2.05) is 12.1 Å². The number of amides is 1. The predicted molar refractivity (Wildman–Crippen MR) is 78.4 cm³/mol. The second-order valence-corrected chi connectivity index (χ2v) is 5.26. The highest BCUT2D eigenvalue weighted by atomic mass is 32.1. The molecule has 0 saturated carbocycles. The van der Waals surface area contributed by atoms with E-state index in [0.29, 0.717) is 19.6 Å². The zero-order chi connectivity index (χ0) is 13.7. The zero-order valence-corrected chi connectivity index (χ0v) is 11.7. The van der Waals surface area contributed by atoms with Crippen LogP contribution in [0.3, 0.4) is 0 Å². The van der Waals surface area contributed by atoms with Gasteiger partial charge in [-0.3, -0.25) is 4.79 Å². The van der Waals surface area contributed by atoms with E-state index >= 15 is 0 Å². The second-order valence-electron chi connectivity index (χ2n) is 4.35.